The molecule has 0 aliphatic carbocycles. The number of nitrogens with zero attached hydrogens (tertiary/aromatic N) is 3. The molecule has 0 spiro atoms. The number of benzene rings is 1. The van der Waals surface area contributed by atoms with Crippen molar-refractivity contribution in [3.8, 4) is 11.8 Å². The van der Waals surface area contributed by atoms with Gasteiger partial charge in [0.05, 0.1) is 23.5 Å². The van der Waals surface area contributed by atoms with Crippen LogP contribution in [-0.2, 0) is 0 Å². The molecule has 0 aliphatic rings. The molecule has 2 rings (SSSR count). The number of carbonyl (C=O) groups excluding carboxylic acids is 1. The van der Waals surface area contributed by atoms with Crippen molar-refractivity contribution in [1.29, 1.82) is 5.26 Å². The van der Waals surface area contributed by atoms with Crippen molar-refractivity contribution in [2.75, 3.05) is 0 Å². The Labute approximate surface area is 105 Å². The minimum absolute atomic E-state index is 0.0428. The fourth-order valence-electron chi connectivity index (χ4n) is 1.69. The predicted octanol–water partition coefficient (Wildman–Crippen LogP) is 2.60. The molecule has 0 aliphatic heterocycles. The first kappa shape index (κ1) is 12.1. The molecule has 18 heavy (non-hydrogen) atoms. The van der Waals surface area contributed by atoms with Gasteiger partial charge in [0.25, 0.3) is 0 Å². The van der Waals surface area contributed by atoms with Crippen LogP contribution in [0.3, 0.4) is 0 Å². The zero-order valence-corrected chi connectivity index (χ0v) is 10.1. The van der Waals surface area contributed by atoms with Crippen molar-refractivity contribution >= 4 is 5.78 Å². The smallest absolute Gasteiger partial charge is 0.169 e. The van der Waals surface area contributed by atoms with Crippen LogP contribution >= 0.6 is 0 Å². The van der Waals surface area contributed by atoms with Gasteiger partial charge in [-0.2, -0.15) is 10.4 Å². The molecule has 4 nitrogen and oxygen atoms in total. The number of ketones is 1. The molecular formula is C14H13N3O. The maximum Gasteiger partial charge on any atom is 0.169 e. The van der Waals surface area contributed by atoms with Gasteiger partial charge in [0.2, 0.25) is 0 Å². The maximum atomic E-state index is 12.0. The molecular weight excluding hydrogens is 226 g/mol. The SMILES string of the molecule is CC(CC#N)C(=O)c1cnn(-c2ccccc2)c1. The highest BCUT2D eigenvalue weighted by atomic mass is 16.1. The third kappa shape index (κ3) is 2.46. The molecule has 0 bridgehead atoms. The Kier molecular flexibility index (Phi) is 3.54. The largest absolute Gasteiger partial charge is 0.294 e. The Hall–Kier alpha value is -2.41. The third-order valence-corrected chi connectivity index (χ3v) is 2.73. The number of carbonyl (C=O) groups is 1. The highest BCUT2D eigenvalue weighted by molar-refractivity contribution is 5.97. The molecule has 0 amide bonds. The van der Waals surface area contributed by atoms with Gasteiger partial charge in [-0.25, -0.2) is 4.68 Å². The first-order valence-electron chi connectivity index (χ1n) is 5.73. The van der Waals surface area contributed by atoms with Gasteiger partial charge in [-0.05, 0) is 12.1 Å². The second-order valence-corrected chi connectivity index (χ2v) is 4.14. The summed E-state index contributed by atoms with van der Waals surface area (Å²) < 4.78 is 1.66. The Bertz CT molecular complexity index is 581. The number of hydrogen-bond acceptors (Lipinski definition) is 3. The van der Waals surface area contributed by atoms with E-state index in [-0.39, 0.29) is 18.1 Å². The lowest BCUT2D eigenvalue weighted by atomic mass is 9.99. The van der Waals surface area contributed by atoms with E-state index < -0.39 is 0 Å². The number of para-hydroxylation sites is 1. The Morgan fingerprint density at radius 1 is 1.44 bits per heavy atom. The van der Waals surface area contributed by atoms with Crippen LogP contribution in [0.2, 0.25) is 0 Å². The van der Waals surface area contributed by atoms with Gasteiger partial charge in [-0.1, -0.05) is 25.1 Å². The average molecular weight is 239 g/mol. The summed E-state index contributed by atoms with van der Waals surface area (Å²) >= 11 is 0. The van der Waals surface area contributed by atoms with E-state index in [2.05, 4.69) is 5.10 Å². The fourth-order valence-corrected chi connectivity index (χ4v) is 1.69. The number of Topliss-reactive ketones (excluding diaryl/α,β-unsaturated/α-hetero) is 1. The van der Waals surface area contributed by atoms with E-state index in [0.717, 1.165) is 5.69 Å². The summed E-state index contributed by atoms with van der Waals surface area (Å²) in [6, 6.07) is 11.6. The maximum absolute atomic E-state index is 12.0. The van der Waals surface area contributed by atoms with E-state index in [4.69, 9.17) is 5.26 Å². The number of rotatable bonds is 4. The molecule has 0 radical (unpaired) electrons. The molecule has 1 unspecified atom stereocenters. The first-order chi connectivity index (χ1) is 8.72. The van der Waals surface area contributed by atoms with Crippen LogP contribution in [0.5, 0.6) is 0 Å². The summed E-state index contributed by atoms with van der Waals surface area (Å²) in [6.45, 7) is 1.76. The van der Waals surface area contributed by atoms with E-state index in [9.17, 15) is 4.79 Å². The zero-order valence-electron chi connectivity index (χ0n) is 10.1. The molecule has 0 N–H and O–H groups in total. The minimum Gasteiger partial charge on any atom is -0.294 e. The van der Waals surface area contributed by atoms with Crippen molar-refractivity contribution in [2.45, 2.75) is 13.3 Å². The van der Waals surface area contributed by atoms with Gasteiger partial charge in [0.1, 0.15) is 0 Å². The van der Waals surface area contributed by atoms with E-state index >= 15 is 0 Å². The van der Waals surface area contributed by atoms with Crippen LogP contribution in [0, 0.1) is 17.2 Å². The average Bonchev–Trinajstić information content (AvgIpc) is 2.89. The van der Waals surface area contributed by atoms with E-state index in [1.54, 1.807) is 24.0 Å². The van der Waals surface area contributed by atoms with Crippen molar-refractivity contribution in [2.24, 2.45) is 5.92 Å². The first-order valence-corrected chi connectivity index (χ1v) is 5.73. The molecule has 0 saturated carbocycles. The monoisotopic (exact) mass is 239 g/mol. The molecule has 1 atom stereocenters. The summed E-state index contributed by atoms with van der Waals surface area (Å²) in [5.41, 5.74) is 1.45. The van der Waals surface area contributed by atoms with Crippen LogP contribution in [0.4, 0.5) is 0 Å². The van der Waals surface area contributed by atoms with E-state index in [1.165, 1.54) is 0 Å². The quantitative estimate of drug-likeness (QED) is 0.770. The van der Waals surface area contributed by atoms with Gasteiger partial charge >= 0.3 is 0 Å². The summed E-state index contributed by atoms with van der Waals surface area (Å²) in [4.78, 5) is 12.0. The normalized spacial score (nSPS) is 11.8. The summed E-state index contributed by atoms with van der Waals surface area (Å²) in [5.74, 6) is -0.331. The van der Waals surface area contributed by atoms with Crippen molar-refractivity contribution in [3.05, 3.63) is 48.3 Å². The molecule has 90 valence electrons. The zero-order chi connectivity index (χ0) is 13.0. The second kappa shape index (κ2) is 5.28. The van der Waals surface area contributed by atoms with Crippen LogP contribution in [0.1, 0.15) is 23.7 Å². The van der Waals surface area contributed by atoms with Crippen LogP contribution in [0.15, 0.2) is 42.7 Å². The Morgan fingerprint density at radius 2 is 2.17 bits per heavy atom. The lowest BCUT2D eigenvalue weighted by Gasteiger charge is -2.02. The van der Waals surface area contributed by atoms with Gasteiger partial charge in [-0.3, -0.25) is 4.79 Å². The number of aromatic nitrogens is 2. The van der Waals surface area contributed by atoms with Gasteiger partial charge in [0.15, 0.2) is 5.78 Å². The molecule has 2 aromatic rings. The lowest BCUT2D eigenvalue weighted by Crippen LogP contribution is -2.09. The standard InChI is InChI=1S/C14H13N3O/c1-11(7-8-15)14(18)12-9-16-17(10-12)13-5-3-2-4-6-13/h2-6,9-11H,7H2,1H3. The predicted molar refractivity (Wildman–Crippen MR) is 67.3 cm³/mol. The second-order valence-electron chi connectivity index (χ2n) is 4.14. The number of hydrogen-bond donors (Lipinski definition) is 0. The van der Waals surface area contributed by atoms with Crippen molar-refractivity contribution in [1.82, 2.24) is 9.78 Å². The molecule has 0 fully saturated rings. The highest BCUT2D eigenvalue weighted by Crippen LogP contribution is 2.13. The van der Waals surface area contributed by atoms with E-state index in [1.807, 2.05) is 36.4 Å². The van der Waals surface area contributed by atoms with Crippen LogP contribution < -0.4 is 0 Å². The molecule has 4 heteroatoms. The molecule has 0 saturated heterocycles. The van der Waals surface area contributed by atoms with Crippen LogP contribution in [-0.4, -0.2) is 15.6 Å². The van der Waals surface area contributed by atoms with E-state index in [0.29, 0.717) is 5.56 Å². The van der Waals surface area contributed by atoms with Crippen LogP contribution in [0.25, 0.3) is 5.69 Å². The van der Waals surface area contributed by atoms with Crippen molar-refractivity contribution in [3.63, 3.8) is 0 Å². The Morgan fingerprint density at radius 3 is 2.83 bits per heavy atom. The van der Waals surface area contributed by atoms with Gasteiger partial charge in [0, 0.05) is 18.5 Å². The fraction of sp³-hybridized carbons (Fsp3) is 0.214. The lowest BCUT2D eigenvalue weighted by molar-refractivity contribution is 0.0932. The molecule has 1 aromatic heterocycles. The summed E-state index contributed by atoms with van der Waals surface area (Å²) in [5, 5.41) is 12.8. The molecule has 1 heterocycles. The van der Waals surface area contributed by atoms with Crippen molar-refractivity contribution < 1.29 is 4.79 Å². The summed E-state index contributed by atoms with van der Waals surface area (Å²) in [6.07, 6.45) is 3.48. The molecule has 1 aromatic carbocycles. The number of nitriles is 1. The summed E-state index contributed by atoms with van der Waals surface area (Å²) in [7, 11) is 0. The van der Waals surface area contributed by atoms with Gasteiger partial charge in [-0.15, -0.1) is 0 Å². The minimum atomic E-state index is -0.288. The van der Waals surface area contributed by atoms with Gasteiger partial charge < -0.3 is 0 Å². The highest BCUT2D eigenvalue weighted by Gasteiger charge is 2.16. The third-order valence-electron chi connectivity index (χ3n) is 2.73. The Balaban J connectivity index is 2.22. The topological polar surface area (TPSA) is 58.7 Å².